The van der Waals surface area contributed by atoms with E-state index in [-0.39, 0.29) is 10.9 Å². The molecule has 1 saturated carbocycles. The molecule has 5 heteroatoms. The zero-order valence-electron chi connectivity index (χ0n) is 16.2. The summed E-state index contributed by atoms with van der Waals surface area (Å²) >= 11 is 0. The van der Waals surface area contributed by atoms with Crippen LogP contribution < -0.4 is 0 Å². The van der Waals surface area contributed by atoms with E-state index in [1.54, 1.807) is 0 Å². The molecule has 28 heavy (non-hydrogen) atoms. The highest BCUT2D eigenvalue weighted by molar-refractivity contribution is 5.88. The number of aryl methyl sites for hydroxylation is 1. The number of benzene rings is 2. The Labute approximate surface area is 162 Å². The molecule has 0 N–H and O–H groups in total. The fourth-order valence-electron chi connectivity index (χ4n) is 4.18. The summed E-state index contributed by atoms with van der Waals surface area (Å²) in [7, 11) is 0. The lowest BCUT2D eigenvalue weighted by Crippen LogP contribution is -2.15. The van der Waals surface area contributed by atoms with Crippen LogP contribution in [0.4, 0.5) is 22.0 Å². The highest BCUT2D eigenvalue weighted by Gasteiger charge is 2.28. The molecule has 1 aliphatic carbocycles. The van der Waals surface area contributed by atoms with Gasteiger partial charge in [0.05, 0.1) is 10.9 Å². The third-order valence-corrected chi connectivity index (χ3v) is 5.95. The average molecular weight is 396 g/mol. The van der Waals surface area contributed by atoms with Crippen LogP contribution in [0.2, 0.25) is 0 Å². The van der Waals surface area contributed by atoms with E-state index in [9.17, 15) is 22.0 Å². The number of hydrogen-bond acceptors (Lipinski definition) is 0. The van der Waals surface area contributed by atoms with Crippen molar-refractivity contribution in [3.63, 3.8) is 0 Å². The summed E-state index contributed by atoms with van der Waals surface area (Å²) in [5.74, 6) is -6.39. The van der Waals surface area contributed by atoms with Crippen LogP contribution in [0.3, 0.4) is 0 Å². The Bertz CT molecular complexity index is 892. The molecule has 0 aromatic heterocycles. The molecule has 2 aromatic rings. The van der Waals surface area contributed by atoms with Crippen molar-refractivity contribution in [2.45, 2.75) is 58.8 Å². The molecule has 0 saturated heterocycles. The number of fused-ring (bicyclic) bond motifs is 1. The summed E-state index contributed by atoms with van der Waals surface area (Å²) < 4.78 is 73.1. The van der Waals surface area contributed by atoms with Gasteiger partial charge >= 0.3 is 0 Å². The van der Waals surface area contributed by atoms with Crippen LogP contribution in [0.1, 0.15) is 63.5 Å². The summed E-state index contributed by atoms with van der Waals surface area (Å²) in [6.45, 7) is 3.91. The molecule has 0 radical (unpaired) electrons. The number of halogens is 5. The molecule has 0 aliphatic heterocycles. The Morgan fingerprint density at radius 3 is 2.21 bits per heavy atom. The molecule has 2 aromatic carbocycles. The van der Waals surface area contributed by atoms with Crippen molar-refractivity contribution in [2.75, 3.05) is 0 Å². The summed E-state index contributed by atoms with van der Waals surface area (Å²) in [6, 6.07) is 3.90. The molecule has 0 atom stereocenters. The Morgan fingerprint density at radius 2 is 1.61 bits per heavy atom. The van der Waals surface area contributed by atoms with Crippen LogP contribution in [0.15, 0.2) is 24.0 Å². The zero-order valence-corrected chi connectivity index (χ0v) is 16.2. The number of hydrogen-bond donors (Lipinski definition) is 0. The molecule has 0 nitrogen and oxygen atoms in total. The van der Waals surface area contributed by atoms with Gasteiger partial charge in [-0.25, -0.2) is 22.0 Å². The fourth-order valence-corrected chi connectivity index (χ4v) is 4.18. The lowest BCUT2D eigenvalue weighted by atomic mass is 9.80. The van der Waals surface area contributed by atoms with E-state index in [1.165, 1.54) is 12.1 Å². The molecule has 0 unspecified atom stereocenters. The van der Waals surface area contributed by atoms with Crippen molar-refractivity contribution in [3.05, 3.63) is 52.6 Å². The summed E-state index contributed by atoms with van der Waals surface area (Å²) in [4.78, 5) is 0. The van der Waals surface area contributed by atoms with E-state index in [0.717, 1.165) is 25.3 Å². The van der Waals surface area contributed by atoms with Crippen LogP contribution in [-0.2, 0) is 6.42 Å². The van der Waals surface area contributed by atoms with Crippen LogP contribution >= 0.6 is 0 Å². The van der Waals surface area contributed by atoms with Gasteiger partial charge in [-0.2, -0.15) is 0 Å². The van der Waals surface area contributed by atoms with Gasteiger partial charge in [-0.3, -0.25) is 0 Å². The highest BCUT2D eigenvalue weighted by Crippen LogP contribution is 2.40. The van der Waals surface area contributed by atoms with Crippen LogP contribution in [0.25, 0.3) is 16.6 Å². The van der Waals surface area contributed by atoms with Crippen molar-refractivity contribution in [1.82, 2.24) is 0 Å². The van der Waals surface area contributed by atoms with Gasteiger partial charge in [-0.1, -0.05) is 38.8 Å². The van der Waals surface area contributed by atoms with Crippen LogP contribution in [-0.4, -0.2) is 0 Å². The molecule has 1 fully saturated rings. The molecular weight excluding hydrogens is 371 g/mol. The Kier molecular flexibility index (Phi) is 6.41. The standard InChI is InChI=1S/C23H25F5/c1-3-5-14-10-11-16-12-17(22(27)23(28)18(16)19(14)24)21(26)20(25)15-8-6-13(4-2)7-9-15/h10-13,15H,3-9H2,1-2H3. The van der Waals surface area contributed by atoms with E-state index in [0.29, 0.717) is 31.6 Å². The third kappa shape index (κ3) is 3.81. The number of allylic oxidation sites excluding steroid dienone is 1. The van der Waals surface area contributed by atoms with Gasteiger partial charge in [0.2, 0.25) is 0 Å². The van der Waals surface area contributed by atoms with Crippen molar-refractivity contribution in [3.8, 4) is 0 Å². The van der Waals surface area contributed by atoms with Crippen molar-refractivity contribution in [1.29, 1.82) is 0 Å². The largest absolute Gasteiger partial charge is 0.208 e. The van der Waals surface area contributed by atoms with Gasteiger partial charge in [-0.05, 0) is 55.0 Å². The molecule has 1 aliphatic rings. The molecule has 152 valence electrons. The zero-order chi connectivity index (χ0) is 20.4. The van der Waals surface area contributed by atoms with E-state index < -0.39 is 46.0 Å². The number of rotatable bonds is 5. The second-order valence-electron chi connectivity index (χ2n) is 7.73. The minimum atomic E-state index is -1.55. The first-order chi connectivity index (χ1) is 13.4. The molecule has 0 bridgehead atoms. The topological polar surface area (TPSA) is 0 Å². The summed E-state index contributed by atoms with van der Waals surface area (Å²) in [5, 5.41) is -0.493. The molecule has 3 rings (SSSR count). The third-order valence-electron chi connectivity index (χ3n) is 5.95. The lowest BCUT2D eigenvalue weighted by Gasteiger charge is -2.27. The average Bonchev–Trinajstić information content (AvgIpc) is 2.71. The van der Waals surface area contributed by atoms with Crippen molar-refractivity contribution < 1.29 is 22.0 Å². The van der Waals surface area contributed by atoms with Gasteiger partial charge in [0.15, 0.2) is 17.5 Å². The van der Waals surface area contributed by atoms with E-state index in [1.807, 2.05) is 6.92 Å². The second kappa shape index (κ2) is 8.62. The quantitative estimate of drug-likeness (QED) is 0.449. The van der Waals surface area contributed by atoms with E-state index in [4.69, 9.17) is 0 Å². The predicted octanol–water partition coefficient (Wildman–Crippen LogP) is 8.03. The molecular formula is C23H25F5. The monoisotopic (exact) mass is 396 g/mol. The first-order valence-electron chi connectivity index (χ1n) is 10.0. The summed E-state index contributed by atoms with van der Waals surface area (Å²) in [5.41, 5.74) is -0.501. The van der Waals surface area contributed by atoms with E-state index >= 15 is 0 Å². The first-order valence-corrected chi connectivity index (χ1v) is 10.0. The van der Waals surface area contributed by atoms with Gasteiger partial charge < -0.3 is 0 Å². The first kappa shape index (κ1) is 20.8. The minimum absolute atomic E-state index is 0.0175. The molecule has 0 heterocycles. The van der Waals surface area contributed by atoms with Crippen molar-refractivity contribution in [2.24, 2.45) is 11.8 Å². The Balaban J connectivity index is 2.03. The lowest BCUT2D eigenvalue weighted by molar-refractivity contribution is 0.268. The molecule has 0 spiro atoms. The fraction of sp³-hybridized carbons (Fsp3) is 0.478. The normalized spacial score (nSPS) is 21.1. The maximum absolute atomic E-state index is 14.8. The highest BCUT2D eigenvalue weighted by atomic mass is 19.2. The Morgan fingerprint density at radius 1 is 0.929 bits per heavy atom. The van der Waals surface area contributed by atoms with E-state index in [2.05, 4.69) is 6.92 Å². The SMILES string of the molecule is CCCc1ccc2cc(C(F)=C(F)C3CCC(CC)CC3)c(F)c(F)c2c1F. The smallest absolute Gasteiger partial charge is 0.170 e. The summed E-state index contributed by atoms with van der Waals surface area (Å²) in [6.07, 6.45) is 4.59. The predicted molar refractivity (Wildman–Crippen MR) is 103 cm³/mol. The van der Waals surface area contributed by atoms with Gasteiger partial charge in [0.1, 0.15) is 11.6 Å². The van der Waals surface area contributed by atoms with Crippen molar-refractivity contribution >= 4 is 16.6 Å². The van der Waals surface area contributed by atoms with Gasteiger partial charge in [0.25, 0.3) is 0 Å². The maximum atomic E-state index is 14.8. The van der Waals surface area contributed by atoms with Gasteiger partial charge in [0, 0.05) is 5.92 Å². The molecule has 0 amide bonds. The van der Waals surface area contributed by atoms with Gasteiger partial charge in [-0.15, -0.1) is 0 Å². The van der Waals surface area contributed by atoms with Crippen LogP contribution in [0, 0.1) is 29.3 Å². The minimum Gasteiger partial charge on any atom is -0.208 e. The van der Waals surface area contributed by atoms with Crippen LogP contribution in [0.5, 0.6) is 0 Å². The maximum Gasteiger partial charge on any atom is 0.170 e. The Hall–Kier alpha value is -1.91. The second-order valence-corrected chi connectivity index (χ2v) is 7.73.